The summed E-state index contributed by atoms with van der Waals surface area (Å²) < 4.78 is 4.91. The number of aryl methyl sites for hydroxylation is 1. The molecule has 136 valence electrons. The zero-order valence-electron chi connectivity index (χ0n) is 14.8. The van der Waals surface area contributed by atoms with Gasteiger partial charge in [0.25, 0.3) is 0 Å². The standard InChI is InChI=1S/C18H25N3O4/c1-14-6-3-4-7-15(14)12-20-9-10-21(18(24)17(20)23)13-16(22)19-8-5-11-25-2/h3-4,6-7H,5,8-13H2,1-2H3,(H,19,22). The first kappa shape index (κ1) is 18.9. The average molecular weight is 347 g/mol. The van der Waals surface area contributed by atoms with E-state index >= 15 is 0 Å². The van der Waals surface area contributed by atoms with E-state index in [2.05, 4.69) is 5.32 Å². The van der Waals surface area contributed by atoms with Crippen molar-refractivity contribution in [3.05, 3.63) is 35.4 Å². The molecule has 0 unspecified atom stereocenters. The zero-order valence-corrected chi connectivity index (χ0v) is 14.8. The molecular weight excluding hydrogens is 322 g/mol. The quantitative estimate of drug-likeness (QED) is 0.543. The lowest BCUT2D eigenvalue weighted by molar-refractivity contribution is -0.157. The molecule has 1 N–H and O–H groups in total. The number of carbonyl (C=O) groups is 3. The maximum atomic E-state index is 12.3. The Balaban J connectivity index is 1.85. The monoisotopic (exact) mass is 347 g/mol. The SMILES string of the molecule is COCCCNC(=O)CN1CCN(Cc2ccccc2C)C(=O)C1=O. The van der Waals surface area contributed by atoms with Crippen LogP contribution in [0.15, 0.2) is 24.3 Å². The molecule has 7 heteroatoms. The number of hydrogen-bond acceptors (Lipinski definition) is 4. The van der Waals surface area contributed by atoms with Gasteiger partial charge in [0, 0.05) is 39.9 Å². The number of hydrogen-bond donors (Lipinski definition) is 1. The molecule has 1 aliphatic heterocycles. The predicted octanol–water partition coefficient (Wildman–Crippen LogP) is 0.319. The molecule has 1 aliphatic rings. The summed E-state index contributed by atoms with van der Waals surface area (Å²) in [5.74, 6) is -1.43. The largest absolute Gasteiger partial charge is 0.385 e. The lowest BCUT2D eigenvalue weighted by Crippen LogP contribution is -2.56. The van der Waals surface area contributed by atoms with E-state index in [9.17, 15) is 14.4 Å². The maximum Gasteiger partial charge on any atom is 0.312 e. The number of carbonyl (C=O) groups excluding carboxylic acids is 3. The summed E-state index contributed by atoms with van der Waals surface area (Å²) in [5.41, 5.74) is 2.11. The molecule has 1 aromatic rings. The van der Waals surface area contributed by atoms with Crippen LogP contribution in [0.3, 0.4) is 0 Å². The summed E-state index contributed by atoms with van der Waals surface area (Å²) >= 11 is 0. The molecule has 1 saturated heterocycles. The van der Waals surface area contributed by atoms with Crippen molar-refractivity contribution in [3.8, 4) is 0 Å². The van der Waals surface area contributed by atoms with Gasteiger partial charge in [0.1, 0.15) is 6.54 Å². The van der Waals surface area contributed by atoms with E-state index in [1.54, 1.807) is 7.11 Å². The predicted molar refractivity (Wildman–Crippen MR) is 92.7 cm³/mol. The first-order chi connectivity index (χ1) is 12.0. The number of methoxy groups -OCH3 is 1. The minimum absolute atomic E-state index is 0.0875. The molecule has 0 aliphatic carbocycles. The highest BCUT2D eigenvalue weighted by atomic mass is 16.5. The van der Waals surface area contributed by atoms with E-state index < -0.39 is 11.8 Å². The summed E-state index contributed by atoms with van der Waals surface area (Å²) in [6.45, 7) is 4.14. The Kier molecular flexibility index (Phi) is 6.94. The topological polar surface area (TPSA) is 79.0 Å². The summed E-state index contributed by atoms with van der Waals surface area (Å²) in [5, 5.41) is 2.72. The third kappa shape index (κ3) is 5.29. The molecule has 1 heterocycles. The molecule has 0 saturated carbocycles. The fourth-order valence-electron chi connectivity index (χ4n) is 2.68. The molecule has 0 aromatic heterocycles. The van der Waals surface area contributed by atoms with Crippen molar-refractivity contribution in [3.63, 3.8) is 0 Å². The van der Waals surface area contributed by atoms with Gasteiger partial charge in [-0.25, -0.2) is 0 Å². The van der Waals surface area contributed by atoms with E-state index in [1.165, 1.54) is 9.80 Å². The molecule has 7 nitrogen and oxygen atoms in total. The fraction of sp³-hybridized carbons (Fsp3) is 0.500. The first-order valence-electron chi connectivity index (χ1n) is 8.41. The van der Waals surface area contributed by atoms with Crippen molar-refractivity contribution in [1.29, 1.82) is 0 Å². The van der Waals surface area contributed by atoms with Gasteiger partial charge in [0.05, 0.1) is 0 Å². The molecule has 2 rings (SSSR count). The molecule has 0 bridgehead atoms. The highest BCUT2D eigenvalue weighted by molar-refractivity contribution is 6.35. The number of ether oxygens (including phenoxy) is 1. The normalized spacial score (nSPS) is 14.8. The van der Waals surface area contributed by atoms with Gasteiger partial charge in [-0.1, -0.05) is 24.3 Å². The zero-order chi connectivity index (χ0) is 18.2. The Labute approximate surface area is 147 Å². The van der Waals surface area contributed by atoms with E-state index in [0.29, 0.717) is 39.2 Å². The summed E-state index contributed by atoms with van der Waals surface area (Å²) in [4.78, 5) is 39.3. The van der Waals surface area contributed by atoms with E-state index in [4.69, 9.17) is 4.74 Å². The molecule has 3 amide bonds. The highest BCUT2D eigenvalue weighted by Crippen LogP contribution is 2.13. The first-order valence-corrected chi connectivity index (χ1v) is 8.41. The Morgan fingerprint density at radius 1 is 1.16 bits per heavy atom. The van der Waals surface area contributed by atoms with Crippen LogP contribution < -0.4 is 5.32 Å². The summed E-state index contributed by atoms with van der Waals surface area (Å²) in [6, 6.07) is 7.78. The number of rotatable bonds is 8. The smallest absolute Gasteiger partial charge is 0.312 e. The van der Waals surface area contributed by atoms with Crippen LogP contribution in [0, 0.1) is 6.92 Å². The van der Waals surface area contributed by atoms with Crippen molar-refractivity contribution in [2.75, 3.05) is 39.9 Å². The minimum Gasteiger partial charge on any atom is -0.385 e. The van der Waals surface area contributed by atoms with Crippen molar-refractivity contribution in [1.82, 2.24) is 15.1 Å². The van der Waals surface area contributed by atoms with Crippen LogP contribution in [0.5, 0.6) is 0 Å². The van der Waals surface area contributed by atoms with Gasteiger partial charge < -0.3 is 19.9 Å². The Hall–Kier alpha value is -2.41. The summed E-state index contributed by atoms with van der Waals surface area (Å²) in [6.07, 6.45) is 0.708. The molecular formula is C18H25N3O4. The van der Waals surface area contributed by atoms with E-state index in [-0.39, 0.29) is 12.5 Å². The Bertz CT molecular complexity index is 633. The second-order valence-corrected chi connectivity index (χ2v) is 6.08. The average Bonchev–Trinajstić information content (AvgIpc) is 2.60. The minimum atomic E-state index is -0.619. The van der Waals surface area contributed by atoms with Crippen LogP contribution in [-0.2, 0) is 25.7 Å². The maximum absolute atomic E-state index is 12.3. The molecule has 1 fully saturated rings. The second-order valence-electron chi connectivity index (χ2n) is 6.08. The molecule has 0 radical (unpaired) electrons. The molecule has 0 spiro atoms. The van der Waals surface area contributed by atoms with E-state index in [1.807, 2.05) is 31.2 Å². The molecule has 0 atom stereocenters. The molecule has 1 aromatic carbocycles. The van der Waals surface area contributed by atoms with Crippen molar-refractivity contribution < 1.29 is 19.1 Å². The van der Waals surface area contributed by atoms with Crippen LogP contribution in [-0.4, -0.2) is 67.4 Å². The van der Waals surface area contributed by atoms with Crippen molar-refractivity contribution in [2.24, 2.45) is 0 Å². The molecule has 25 heavy (non-hydrogen) atoms. The van der Waals surface area contributed by atoms with Crippen molar-refractivity contribution >= 4 is 17.7 Å². The Morgan fingerprint density at radius 2 is 1.84 bits per heavy atom. The van der Waals surface area contributed by atoms with Gasteiger partial charge in [-0.05, 0) is 24.5 Å². The number of piperazine rings is 1. The fourth-order valence-corrected chi connectivity index (χ4v) is 2.68. The number of nitrogens with one attached hydrogen (secondary N) is 1. The highest BCUT2D eigenvalue weighted by Gasteiger charge is 2.33. The van der Waals surface area contributed by atoms with Crippen LogP contribution in [0.1, 0.15) is 17.5 Å². The van der Waals surface area contributed by atoms with Gasteiger partial charge in [0.15, 0.2) is 0 Å². The summed E-state index contributed by atoms with van der Waals surface area (Å²) in [7, 11) is 1.60. The third-order valence-corrected chi connectivity index (χ3v) is 4.20. The number of amides is 3. The Morgan fingerprint density at radius 3 is 2.56 bits per heavy atom. The second kappa shape index (κ2) is 9.17. The van der Waals surface area contributed by atoms with Gasteiger partial charge in [-0.2, -0.15) is 0 Å². The van der Waals surface area contributed by atoms with Crippen LogP contribution >= 0.6 is 0 Å². The van der Waals surface area contributed by atoms with Gasteiger partial charge >= 0.3 is 11.8 Å². The van der Waals surface area contributed by atoms with E-state index in [0.717, 1.165) is 11.1 Å². The number of benzene rings is 1. The van der Waals surface area contributed by atoms with Crippen LogP contribution in [0.4, 0.5) is 0 Å². The van der Waals surface area contributed by atoms with Gasteiger partial charge in [-0.3, -0.25) is 14.4 Å². The lowest BCUT2D eigenvalue weighted by atomic mass is 10.1. The lowest BCUT2D eigenvalue weighted by Gasteiger charge is -2.33. The van der Waals surface area contributed by atoms with Gasteiger partial charge in [0.2, 0.25) is 5.91 Å². The van der Waals surface area contributed by atoms with Gasteiger partial charge in [-0.15, -0.1) is 0 Å². The van der Waals surface area contributed by atoms with Crippen LogP contribution in [0.2, 0.25) is 0 Å². The van der Waals surface area contributed by atoms with Crippen LogP contribution in [0.25, 0.3) is 0 Å². The number of nitrogens with zero attached hydrogens (tertiary/aromatic N) is 2. The third-order valence-electron chi connectivity index (χ3n) is 4.20. The van der Waals surface area contributed by atoms with Crippen molar-refractivity contribution in [2.45, 2.75) is 19.9 Å².